The number of rotatable bonds is 3. The number of carbonyl (C=O) groups excluding carboxylic acids is 1. The Kier molecular flexibility index (Phi) is 3.54. The molecule has 0 aliphatic carbocycles. The smallest absolute Gasteiger partial charge is 0.225 e. The molecule has 4 heteroatoms. The summed E-state index contributed by atoms with van der Waals surface area (Å²) in [4.78, 5) is 15.7. The number of aryl methyl sites for hydroxylation is 1. The van der Waals surface area contributed by atoms with Crippen LogP contribution in [0.1, 0.15) is 11.3 Å². The van der Waals surface area contributed by atoms with E-state index in [9.17, 15) is 4.79 Å². The fourth-order valence-corrected chi connectivity index (χ4v) is 2.49. The zero-order valence-corrected chi connectivity index (χ0v) is 10.7. The van der Waals surface area contributed by atoms with Crippen molar-refractivity contribution in [3.05, 3.63) is 40.9 Å². The fourth-order valence-electron chi connectivity index (χ4n) is 1.58. The van der Waals surface area contributed by atoms with E-state index in [-0.39, 0.29) is 5.91 Å². The summed E-state index contributed by atoms with van der Waals surface area (Å²) in [5.41, 5.74) is 3.17. The van der Waals surface area contributed by atoms with Crippen LogP contribution < -0.4 is 5.32 Å². The van der Waals surface area contributed by atoms with Gasteiger partial charge in [0.05, 0.1) is 12.1 Å². The second kappa shape index (κ2) is 5.10. The van der Waals surface area contributed by atoms with Crippen LogP contribution in [0.5, 0.6) is 0 Å². The molecule has 0 bridgehead atoms. The van der Waals surface area contributed by atoms with Gasteiger partial charge in [0.25, 0.3) is 0 Å². The topological polar surface area (TPSA) is 42.0 Å². The van der Waals surface area contributed by atoms with Crippen LogP contribution in [0.2, 0.25) is 0 Å². The number of thiazole rings is 1. The molecule has 88 valence electrons. The van der Waals surface area contributed by atoms with Crippen molar-refractivity contribution in [2.75, 3.05) is 7.05 Å². The number of nitrogens with one attached hydrogen (secondary N) is 1. The zero-order valence-electron chi connectivity index (χ0n) is 9.86. The number of hydrogen-bond donors (Lipinski definition) is 1. The Bertz CT molecular complexity index is 534. The van der Waals surface area contributed by atoms with Gasteiger partial charge < -0.3 is 5.32 Å². The summed E-state index contributed by atoms with van der Waals surface area (Å²) in [5.74, 6) is -0.00775. The average molecular weight is 246 g/mol. The number of nitrogens with zero attached hydrogens (tertiary/aromatic N) is 1. The van der Waals surface area contributed by atoms with Gasteiger partial charge in [0.15, 0.2) is 0 Å². The van der Waals surface area contributed by atoms with E-state index in [4.69, 9.17) is 0 Å². The van der Waals surface area contributed by atoms with Gasteiger partial charge in [-0.05, 0) is 12.5 Å². The van der Waals surface area contributed by atoms with Crippen molar-refractivity contribution < 1.29 is 4.79 Å². The van der Waals surface area contributed by atoms with Gasteiger partial charge >= 0.3 is 0 Å². The van der Waals surface area contributed by atoms with Crippen molar-refractivity contribution in [1.29, 1.82) is 0 Å². The van der Waals surface area contributed by atoms with E-state index in [1.807, 2.05) is 17.5 Å². The molecule has 0 atom stereocenters. The maximum absolute atomic E-state index is 11.2. The molecule has 0 aliphatic heterocycles. The first-order valence-electron chi connectivity index (χ1n) is 5.41. The summed E-state index contributed by atoms with van der Waals surface area (Å²) in [5, 5.41) is 5.52. The Balaban J connectivity index is 2.24. The van der Waals surface area contributed by atoms with Crippen molar-refractivity contribution in [1.82, 2.24) is 10.3 Å². The van der Waals surface area contributed by atoms with Crippen molar-refractivity contribution in [2.24, 2.45) is 0 Å². The molecule has 1 amide bonds. The highest BCUT2D eigenvalue weighted by Crippen LogP contribution is 2.26. The number of carbonyl (C=O) groups is 1. The summed E-state index contributed by atoms with van der Waals surface area (Å²) in [6, 6.07) is 8.13. The molecule has 17 heavy (non-hydrogen) atoms. The van der Waals surface area contributed by atoms with E-state index in [2.05, 4.69) is 29.4 Å². The van der Waals surface area contributed by atoms with Gasteiger partial charge in [-0.2, -0.15) is 0 Å². The Morgan fingerprint density at radius 3 is 2.88 bits per heavy atom. The fraction of sp³-hybridized carbons (Fsp3) is 0.231. The summed E-state index contributed by atoms with van der Waals surface area (Å²) in [6.07, 6.45) is 0.346. The molecule has 0 saturated heterocycles. The van der Waals surface area contributed by atoms with Gasteiger partial charge in [0, 0.05) is 18.0 Å². The third kappa shape index (κ3) is 2.71. The molecular formula is C13H14N2OS. The van der Waals surface area contributed by atoms with Crippen LogP contribution in [0.3, 0.4) is 0 Å². The molecule has 1 aromatic heterocycles. The molecule has 0 fully saturated rings. The Morgan fingerprint density at radius 1 is 1.41 bits per heavy atom. The quantitative estimate of drug-likeness (QED) is 0.903. The number of benzene rings is 1. The predicted octanol–water partition coefficient (Wildman–Crippen LogP) is 2.41. The first-order chi connectivity index (χ1) is 8.20. The van der Waals surface area contributed by atoms with Crippen LogP contribution in [0.15, 0.2) is 29.6 Å². The number of aromatic nitrogens is 1. The first kappa shape index (κ1) is 11.8. The van der Waals surface area contributed by atoms with Crippen molar-refractivity contribution >= 4 is 17.2 Å². The van der Waals surface area contributed by atoms with Gasteiger partial charge in [-0.3, -0.25) is 4.79 Å². The first-order valence-corrected chi connectivity index (χ1v) is 6.29. The highest BCUT2D eigenvalue weighted by atomic mass is 32.1. The van der Waals surface area contributed by atoms with Crippen LogP contribution in [0, 0.1) is 6.92 Å². The number of amides is 1. The third-order valence-corrected chi connectivity index (χ3v) is 3.47. The minimum absolute atomic E-state index is 0.00775. The second-order valence-electron chi connectivity index (χ2n) is 3.81. The summed E-state index contributed by atoms with van der Waals surface area (Å²) in [7, 11) is 1.64. The van der Waals surface area contributed by atoms with E-state index < -0.39 is 0 Å². The van der Waals surface area contributed by atoms with Gasteiger partial charge in [0.1, 0.15) is 5.01 Å². The second-order valence-corrected chi connectivity index (χ2v) is 4.67. The maximum Gasteiger partial charge on any atom is 0.225 e. The molecule has 3 nitrogen and oxygen atoms in total. The van der Waals surface area contributed by atoms with Crippen molar-refractivity contribution in [2.45, 2.75) is 13.3 Å². The molecule has 1 aromatic carbocycles. The highest BCUT2D eigenvalue weighted by molar-refractivity contribution is 7.13. The monoisotopic (exact) mass is 246 g/mol. The molecule has 1 N–H and O–H groups in total. The maximum atomic E-state index is 11.2. The Labute approximate surface area is 105 Å². The molecule has 0 saturated carbocycles. The molecule has 0 aliphatic rings. The van der Waals surface area contributed by atoms with Crippen LogP contribution in [0.4, 0.5) is 0 Å². The molecule has 2 rings (SSSR count). The lowest BCUT2D eigenvalue weighted by atomic mass is 10.1. The summed E-state index contributed by atoms with van der Waals surface area (Å²) in [6.45, 7) is 2.06. The van der Waals surface area contributed by atoms with Gasteiger partial charge in [-0.1, -0.05) is 24.3 Å². The molecule has 0 spiro atoms. The minimum Gasteiger partial charge on any atom is -0.359 e. The van der Waals surface area contributed by atoms with Crippen molar-refractivity contribution in [3.8, 4) is 10.6 Å². The van der Waals surface area contributed by atoms with E-state index >= 15 is 0 Å². The number of hydrogen-bond acceptors (Lipinski definition) is 3. The molecule has 0 radical (unpaired) electrons. The van der Waals surface area contributed by atoms with Gasteiger partial charge in [-0.25, -0.2) is 4.98 Å². The standard InChI is InChI=1S/C13H14N2OS/c1-9-5-3-4-6-11(9)13-15-10(8-17-13)7-12(16)14-2/h3-6,8H,7H2,1-2H3,(H,14,16). The summed E-state index contributed by atoms with van der Waals surface area (Å²) < 4.78 is 0. The van der Waals surface area contributed by atoms with Gasteiger partial charge in [-0.15, -0.1) is 11.3 Å². The lowest BCUT2D eigenvalue weighted by Gasteiger charge is -2.00. The Morgan fingerprint density at radius 2 is 2.18 bits per heavy atom. The van der Waals surface area contributed by atoms with E-state index in [0.717, 1.165) is 16.3 Å². The van der Waals surface area contributed by atoms with E-state index in [0.29, 0.717) is 6.42 Å². The predicted molar refractivity (Wildman–Crippen MR) is 70.1 cm³/mol. The lowest BCUT2D eigenvalue weighted by molar-refractivity contribution is -0.120. The van der Waals surface area contributed by atoms with E-state index in [1.165, 1.54) is 5.56 Å². The number of likely N-dealkylation sites (N-methyl/N-ethyl adjacent to an activating group) is 1. The Hall–Kier alpha value is -1.68. The van der Waals surface area contributed by atoms with Crippen LogP contribution in [-0.4, -0.2) is 17.9 Å². The van der Waals surface area contributed by atoms with E-state index in [1.54, 1.807) is 18.4 Å². The third-order valence-electron chi connectivity index (χ3n) is 2.55. The lowest BCUT2D eigenvalue weighted by Crippen LogP contribution is -2.20. The molecule has 0 unspecified atom stereocenters. The van der Waals surface area contributed by atoms with Gasteiger partial charge in [0.2, 0.25) is 5.91 Å². The van der Waals surface area contributed by atoms with Crippen molar-refractivity contribution in [3.63, 3.8) is 0 Å². The average Bonchev–Trinajstić information content (AvgIpc) is 2.78. The SMILES string of the molecule is CNC(=O)Cc1csc(-c2ccccc2C)n1. The summed E-state index contributed by atoms with van der Waals surface area (Å²) >= 11 is 1.58. The molecule has 2 aromatic rings. The van der Waals surface area contributed by atoms with Crippen LogP contribution >= 0.6 is 11.3 Å². The molecular weight excluding hydrogens is 232 g/mol. The van der Waals surface area contributed by atoms with Crippen LogP contribution in [-0.2, 0) is 11.2 Å². The molecule has 1 heterocycles. The zero-order chi connectivity index (χ0) is 12.3. The highest BCUT2D eigenvalue weighted by Gasteiger charge is 2.09. The van der Waals surface area contributed by atoms with Crippen LogP contribution in [0.25, 0.3) is 10.6 Å². The largest absolute Gasteiger partial charge is 0.359 e. The normalized spacial score (nSPS) is 10.2. The minimum atomic E-state index is -0.00775.